The molecule has 0 amide bonds. The second-order valence-electron chi connectivity index (χ2n) is 7.83. The first-order chi connectivity index (χ1) is 15.7. The molecule has 7 heteroatoms. The average molecular weight is 452 g/mol. The summed E-state index contributed by atoms with van der Waals surface area (Å²) in [6.07, 6.45) is 0. The molecule has 1 atom stereocenters. The molecule has 166 valence electrons. The number of fused-ring (bicyclic) bond motifs is 2. The SMILES string of the molecule is COC[C@H]1c2cc(OC)ccc2Sc2c(-c3cc(=O)cc(N4CCOCC4)o3)cccc21. The van der Waals surface area contributed by atoms with Crippen LogP contribution in [0.5, 0.6) is 5.75 Å². The minimum Gasteiger partial charge on any atom is -0.497 e. The van der Waals surface area contributed by atoms with Crippen LogP contribution in [0.15, 0.2) is 67.5 Å². The molecule has 2 aliphatic heterocycles. The smallest absolute Gasteiger partial charge is 0.200 e. The summed E-state index contributed by atoms with van der Waals surface area (Å²) < 4.78 is 22.8. The molecule has 6 nitrogen and oxygen atoms in total. The lowest BCUT2D eigenvalue weighted by molar-refractivity contribution is 0.120. The van der Waals surface area contributed by atoms with E-state index in [4.69, 9.17) is 18.6 Å². The molecule has 32 heavy (non-hydrogen) atoms. The number of ether oxygens (including phenoxy) is 3. The van der Waals surface area contributed by atoms with Gasteiger partial charge in [-0.25, -0.2) is 0 Å². The first-order valence-electron chi connectivity index (χ1n) is 10.6. The first kappa shape index (κ1) is 21.1. The van der Waals surface area contributed by atoms with Crippen LogP contribution in [0.3, 0.4) is 0 Å². The highest BCUT2D eigenvalue weighted by Gasteiger charge is 2.29. The van der Waals surface area contributed by atoms with Crippen LogP contribution in [-0.4, -0.2) is 47.1 Å². The van der Waals surface area contributed by atoms with Crippen LogP contribution in [0.1, 0.15) is 17.0 Å². The maximum Gasteiger partial charge on any atom is 0.200 e. The van der Waals surface area contributed by atoms with Crippen LogP contribution in [0.2, 0.25) is 0 Å². The van der Waals surface area contributed by atoms with Gasteiger partial charge in [-0.2, -0.15) is 0 Å². The molecule has 0 unspecified atom stereocenters. The van der Waals surface area contributed by atoms with Crippen LogP contribution in [-0.2, 0) is 9.47 Å². The van der Waals surface area contributed by atoms with Gasteiger partial charge in [-0.05, 0) is 29.3 Å². The number of nitrogens with zero attached hydrogens (tertiary/aromatic N) is 1. The van der Waals surface area contributed by atoms with E-state index in [-0.39, 0.29) is 11.3 Å². The third-order valence-electron chi connectivity index (χ3n) is 5.90. The van der Waals surface area contributed by atoms with Crippen LogP contribution >= 0.6 is 11.8 Å². The second kappa shape index (κ2) is 9.02. The monoisotopic (exact) mass is 451 g/mol. The number of hydrogen-bond donors (Lipinski definition) is 0. The normalized spacial score (nSPS) is 17.6. The van der Waals surface area contributed by atoms with Gasteiger partial charge >= 0.3 is 0 Å². The van der Waals surface area contributed by atoms with Gasteiger partial charge in [0.25, 0.3) is 0 Å². The highest BCUT2D eigenvalue weighted by molar-refractivity contribution is 7.99. The van der Waals surface area contributed by atoms with E-state index < -0.39 is 0 Å². The zero-order valence-electron chi connectivity index (χ0n) is 18.1. The molecule has 0 N–H and O–H groups in total. The van der Waals surface area contributed by atoms with E-state index in [1.807, 2.05) is 18.2 Å². The van der Waals surface area contributed by atoms with Crippen LogP contribution in [0.25, 0.3) is 11.3 Å². The van der Waals surface area contributed by atoms with Crippen molar-refractivity contribution in [3.05, 3.63) is 69.9 Å². The van der Waals surface area contributed by atoms with Gasteiger partial charge in [0.15, 0.2) is 11.3 Å². The Morgan fingerprint density at radius 3 is 2.69 bits per heavy atom. The molecule has 0 aliphatic carbocycles. The lowest BCUT2D eigenvalue weighted by Crippen LogP contribution is -2.36. The molecular formula is C25H25NO5S. The van der Waals surface area contributed by atoms with Crippen molar-refractivity contribution in [1.29, 1.82) is 0 Å². The average Bonchev–Trinajstić information content (AvgIpc) is 2.83. The highest BCUT2D eigenvalue weighted by atomic mass is 32.2. The molecular weight excluding hydrogens is 426 g/mol. The number of anilines is 1. The minimum absolute atomic E-state index is 0.0651. The molecule has 3 heterocycles. The standard InChI is InChI=1S/C25H25NO5S/c1-28-15-21-18-4-3-5-19(25(18)32-23-7-6-17(29-2)14-20(21)23)22-12-16(27)13-24(31-22)26-8-10-30-11-9-26/h3-7,12-14,21H,8-11,15H2,1-2H3/t21-/m1/s1. The third-order valence-corrected chi connectivity index (χ3v) is 7.15. The summed E-state index contributed by atoms with van der Waals surface area (Å²) in [6.45, 7) is 3.22. The molecule has 5 rings (SSSR count). The Labute approximate surface area is 191 Å². The molecule has 0 saturated carbocycles. The van der Waals surface area contributed by atoms with Crippen molar-refractivity contribution in [2.24, 2.45) is 0 Å². The van der Waals surface area contributed by atoms with Gasteiger partial charge in [0.1, 0.15) is 11.5 Å². The van der Waals surface area contributed by atoms with E-state index in [0.29, 0.717) is 44.6 Å². The number of hydrogen-bond acceptors (Lipinski definition) is 7. The minimum atomic E-state index is -0.0651. The van der Waals surface area contributed by atoms with Crippen molar-refractivity contribution in [3.8, 4) is 17.1 Å². The summed E-state index contributed by atoms with van der Waals surface area (Å²) in [5.74, 6) is 2.06. The Morgan fingerprint density at radius 1 is 1.06 bits per heavy atom. The van der Waals surface area contributed by atoms with Crippen molar-refractivity contribution >= 4 is 17.6 Å². The Kier molecular flexibility index (Phi) is 5.95. The summed E-state index contributed by atoms with van der Waals surface area (Å²) >= 11 is 1.69. The van der Waals surface area contributed by atoms with Gasteiger partial charge in [-0.3, -0.25) is 4.79 Å². The molecule has 0 bridgehead atoms. The highest BCUT2D eigenvalue weighted by Crippen LogP contribution is 2.50. The maximum atomic E-state index is 12.6. The fourth-order valence-electron chi connectivity index (χ4n) is 4.32. The fourth-order valence-corrected chi connectivity index (χ4v) is 5.60. The lowest BCUT2D eigenvalue weighted by Gasteiger charge is -2.30. The van der Waals surface area contributed by atoms with Crippen LogP contribution in [0, 0.1) is 0 Å². The fraction of sp³-hybridized carbons (Fsp3) is 0.320. The van der Waals surface area contributed by atoms with Gasteiger partial charge < -0.3 is 23.5 Å². The Balaban J connectivity index is 1.61. The molecule has 0 spiro atoms. The quantitative estimate of drug-likeness (QED) is 0.570. The topological polar surface area (TPSA) is 61.1 Å². The first-order valence-corrected chi connectivity index (χ1v) is 11.5. The van der Waals surface area contributed by atoms with E-state index in [0.717, 1.165) is 26.7 Å². The largest absolute Gasteiger partial charge is 0.497 e. The van der Waals surface area contributed by atoms with E-state index in [1.165, 1.54) is 5.56 Å². The van der Waals surface area contributed by atoms with Crippen molar-refractivity contribution in [2.75, 3.05) is 52.0 Å². The molecule has 1 fully saturated rings. The zero-order valence-corrected chi connectivity index (χ0v) is 18.9. The summed E-state index contributed by atoms with van der Waals surface area (Å²) in [5.41, 5.74) is 3.20. The van der Waals surface area contributed by atoms with E-state index in [9.17, 15) is 4.79 Å². The maximum absolute atomic E-state index is 12.6. The van der Waals surface area contributed by atoms with Crippen LogP contribution < -0.4 is 15.1 Å². The number of rotatable bonds is 5. The summed E-state index contributed by atoms with van der Waals surface area (Å²) in [6, 6.07) is 15.4. The molecule has 0 radical (unpaired) electrons. The summed E-state index contributed by atoms with van der Waals surface area (Å²) in [4.78, 5) is 16.9. The van der Waals surface area contributed by atoms with Gasteiger partial charge in [0.05, 0.1) is 26.9 Å². The third kappa shape index (κ3) is 3.92. The van der Waals surface area contributed by atoms with Crippen molar-refractivity contribution in [2.45, 2.75) is 15.7 Å². The van der Waals surface area contributed by atoms with E-state index >= 15 is 0 Å². The lowest BCUT2D eigenvalue weighted by atomic mass is 9.89. The number of morpholine rings is 1. The summed E-state index contributed by atoms with van der Waals surface area (Å²) in [5, 5.41) is 0. The molecule has 2 aliphatic rings. The zero-order chi connectivity index (χ0) is 22.1. The Morgan fingerprint density at radius 2 is 1.91 bits per heavy atom. The summed E-state index contributed by atoms with van der Waals surface area (Å²) in [7, 11) is 3.40. The Bertz CT molecular complexity index is 1190. The molecule has 1 aromatic heterocycles. The number of methoxy groups -OCH3 is 2. The van der Waals surface area contributed by atoms with Gasteiger partial charge in [-0.1, -0.05) is 30.0 Å². The van der Waals surface area contributed by atoms with Crippen molar-refractivity contribution < 1.29 is 18.6 Å². The van der Waals surface area contributed by atoms with Crippen LogP contribution in [0.4, 0.5) is 5.88 Å². The number of benzene rings is 2. The van der Waals surface area contributed by atoms with Gasteiger partial charge in [0, 0.05) is 53.6 Å². The molecule has 2 aromatic carbocycles. The van der Waals surface area contributed by atoms with E-state index in [2.05, 4.69) is 23.1 Å². The predicted molar refractivity (Wildman–Crippen MR) is 124 cm³/mol. The van der Waals surface area contributed by atoms with Gasteiger partial charge in [-0.15, -0.1) is 0 Å². The van der Waals surface area contributed by atoms with Crippen molar-refractivity contribution in [1.82, 2.24) is 0 Å². The van der Waals surface area contributed by atoms with Crippen molar-refractivity contribution in [3.63, 3.8) is 0 Å². The Hall–Kier alpha value is -2.74. The van der Waals surface area contributed by atoms with E-state index in [1.54, 1.807) is 38.1 Å². The second-order valence-corrected chi connectivity index (χ2v) is 8.88. The van der Waals surface area contributed by atoms with Gasteiger partial charge in [0.2, 0.25) is 0 Å². The predicted octanol–water partition coefficient (Wildman–Crippen LogP) is 4.39. The molecule has 3 aromatic rings. The molecule has 1 saturated heterocycles.